The Balaban J connectivity index is 2.73. The van der Waals surface area contributed by atoms with Crippen LogP contribution in [0.5, 0.6) is 0 Å². The Hall–Kier alpha value is -1.72. The van der Waals surface area contributed by atoms with Crippen molar-refractivity contribution in [2.24, 2.45) is 5.92 Å². The lowest BCUT2D eigenvalue weighted by molar-refractivity contribution is -0.141. The lowest BCUT2D eigenvalue weighted by atomic mass is 10.3. The van der Waals surface area contributed by atoms with E-state index in [1.165, 1.54) is 0 Å². The molecule has 2 N–H and O–H groups in total. The summed E-state index contributed by atoms with van der Waals surface area (Å²) in [6.07, 6.45) is 1.61. The Morgan fingerprint density at radius 1 is 1.24 bits per heavy atom. The van der Waals surface area contributed by atoms with Crippen molar-refractivity contribution in [1.29, 1.82) is 0 Å². The van der Waals surface area contributed by atoms with Gasteiger partial charge < -0.3 is 19.9 Å². The van der Waals surface area contributed by atoms with Crippen molar-refractivity contribution in [3.8, 4) is 0 Å². The van der Waals surface area contributed by atoms with Crippen LogP contribution in [0.25, 0.3) is 0 Å². The van der Waals surface area contributed by atoms with E-state index in [0.717, 1.165) is 12.8 Å². The van der Waals surface area contributed by atoms with Gasteiger partial charge in [-0.1, -0.05) is 0 Å². The van der Waals surface area contributed by atoms with Gasteiger partial charge in [0.1, 0.15) is 0 Å². The van der Waals surface area contributed by atoms with Crippen LogP contribution in [0.2, 0.25) is 0 Å². The van der Waals surface area contributed by atoms with Gasteiger partial charge in [-0.25, -0.2) is 4.79 Å². The third-order valence-electron chi connectivity index (χ3n) is 2.17. The van der Waals surface area contributed by atoms with Crippen LogP contribution >= 0.6 is 0 Å². The van der Waals surface area contributed by atoms with Crippen molar-refractivity contribution < 1.29 is 24.2 Å². The average molecular weight is 243 g/mol. The number of ether oxygens (including phenoxy) is 2. The van der Waals surface area contributed by atoms with Crippen LogP contribution in [0.4, 0.5) is 0 Å². The standard InChI is InChI=1S/C11H17NO5/c1-3-16-10(14)8(11(15)17-4-2)12-9(13)7-5-6-7/h7,14H,3-6H2,1-2H3,(H,12,13)/b10-8-. The van der Waals surface area contributed by atoms with Gasteiger partial charge in [-0.3, -0.25) is 4.79 Å². The number of nitrogens with one attached hydrogen (secondary N) is 1. The quantitative estimate of drug-likeness (QED) is 0.410. The van der Waals surface area contributed by atoms with Crippen LogP contribution in [-0.4, -0.2) is 30.2 Å². The molecule has 0 aromatic carbocycles. The van der Waals surface area contributed by atoms with Gasteiger partial charge in [0.2, 0.25) is 11.6 Å². The molecule has 1 aliphatic carbocycles. The second kappa shape index (κ2) is 6.12. The van der Waals surface area contributed by atoms with Crippen molar-refractivity contribution in [2.45, 2.75) is 26.7 Å². The number of esters is 1. The molecule has 0 radical (unpaired) electrons. The minimum Gasteiger partial charge on any atom is -0.479 e. The number of carbonyl (C=O) groups excluding carboxylic acids is 2. The molecule has 96 valence electrons. The molecule has 0 aromatic heterocycles. The predicted octanol–water partition coefficient (Wildman–Crippen LogP) is 0.839. The zero-order valence-electron chi connectivity index (χ0n) is 9.99. The zero-order chi connectivity index (χ0) is 12.8. The fourth-order valence-electron chi connectivity index (χ4n) is 1.17. The summed E-state index contributed by atoms with van der Waals surface area (Å²) in [6.45, 7) is 3.63. The predicted molar refractivity (Wildman–Crippen MR) is 58.8 cm³/mol. The summed E-state index contributed by atoms with van der Waals surface area (Å²) in [5, 5.41) is 11.8. The first-order valence-electron chi connectivity index (χ1n) is 5.64. The Labute approximate surface area is 99.6 Å². The molecule has 0 bridgehead atoms. The topological polar surface area (TPSA) is 84.9 Å². The van der Waals surface area contributed by atoms with Gasteiger partial charge in [-0.2, -0.15) is 0 Å². The molecule has 1 amide bonds. The summed E-state index contributed by atoms with van der Waals surface area (Å²) >= 11 is 0. The van der Waals surface area contributed by atoms with Crippen LogP contribution in [-0.2, 0) is 19.1 Å². The van der Waals surface area contributed by atoms with Gasteiger partial charge in [0.15, 0.2) is 0 Å². The van der Waals surface area contributed by atoms with Gasteiger partial charge in [0.25, 0.3) is 0 Å². The highest BCUT2D eigenvalue weighted by Crippen LogP contribution is 2.29. The fourth-order valence-corrected chi connectivity index (χ4v) is 1.17. The van der Waals surface area contributed by atoms with Gasteiger partial charge in [-0.15, -0.1) is 0 Å². The van der Waals surface area contributed by atoms with Crippen LogP contribution < -0.4 is 5.32 Å². The second-order valence-corrected chi connectivity index (χ2v) is 3.60. The first-order chi connectivity index (χ1) is 8.10. The lowest BCUT2D eigenvalue weighted by Crippen LogP contribution is -2.31. The molecule has 1 rings (SSSR count). The molecule has 1 fully saturated rings. The van der Waals surface area contributed by atoms with Crippen molar-refractivity contribution in [3.63, 3.8) is 0 Å². The number of aliphatic hydroxyl groups is 1. The SMILES string of the molecule is CCOC(=O)/C(NC(=O)C1CC1)=C(\O)OCC. The molecule has 0 spiro atoms. The van der Waals surface area contributed by atoms with E-state index in [4.69, 9.17) is 9.47 Å². The maximum Gasteiger partial charge on any atom is 0.362 e. The zero-order valence-corrected chi connectivity index (χ0v) is 9.99. The third kappa shape index (κ3) is 3.97. The molecule has 17 heavy (non-hydrogen) atoms. The highest BCUT2D eigenvalue weighted by atomic mass is 16.6. The van der Waals surface area contributed by atoms with Crippen molar-refractivity contribution in [1.82, 2.24) is 5.32 Å². The average Bonchev–Trinajstić information content (AvgIpc) is 3.09. The van der Waals surface area contributed by atoms with Crippen LogP contribution in [0.1, 0.15) is 26.7 Å². The van der Waals surface area contributed by atoms with E-state index >= 15 is 0 Å². The molecular formula is C11H17NO5. The summed E-state index contributed by atoms with van der Waals surface area (Å²) in [4.78, 5) is 23.0. The number of amides is 1. The van der Waals surface area contributed by atoms with Crippen molar-refractivity contribution >= 4 is 11.9 Å². The van der Waals surface area contributed by atoms with Crippen LogP contribution in [0, 0.1) is 5.92 Å². The van der Waals surface area contributed by atoms with E-state index in [0.29, 0.717) is 0 Å². The number of aliphatic hydroxyl groups excluding tert-OH is 1. The first kappa shape index (κ1) is 13.3. The summed E-state index contributed by atoms with van der Waals surface area (Å²) < 4.78 is 9.51. The highest BCUT2D eigenvalue weighted by molar-refractivity contribution is 5.95. The molecular weight excluding hydrogens is 226 g/mol. The Morgan fingerprint density at radius 2 is 1.82 bits per heavy atom. The van der Waals surface area contributed by atoms with E-state index in [-0.39, 0.29) is 30.7 Å². The molecule has 1 aliphatic rings. The Kier molecular flexibility index (Phi) is 4.81. The van der Waals surface area contributed by atoms with E-state index in [1.807, 2.05) is 0 Å². The monoisotopic (exact) mass is 243 g/mol. The van der Waals surface area contributed by atoms with Gasteiger partial charge in [0.05, 0.1) is 13.2 Å². The molecule has 0 atom stereocenters. The summed E-state index contributed by atoms with van der Waals surface area (Å²) in [7, 11) is 0. The molecule has 0 heterocycles. The minimum absolute atomic E-state index is 0.0751. The largest absolute Gasteiger partial charge is 0.479 e. The lowest BCUT2D eigenvalue weighted by Gasteiger charge is -2.10. The molecule has 0 aromatic rings. The summed E-state index contributed by atoms with van der Waals surface area (Å²) in [5.74, 6) is -1.78. The van der Waals surface area contributed by atoms with Gasteiger partial charge >= 0.3 is 11.9 Å². The molecule has 6 nitrogen and oxygen atoms in total. The fraction of sp³-hybridized carbons (Fsp3) is 0.636. The molecule has 0 unspecified atom stereocenters. The minimum atomic E-state index is -0.799. The maximum atomic E-state index is 11.5. The number of carbonyl (C=O) groups is 2. The third-order valence-corrected chi connectivity index (χ3v) is 2.17. The molecule has 6 heteroatoms. The Bertz CT molecular complexity index is 333. The van der Waals surface area contributed by atoms with Crippen LogP contribution in [0.15, 0.2) is 11.6 Å². The van der Waals surface area contributed by atoms with Crippen molar-refractivity contribution in [3.05, 3.63) is 11.6 Å². The van der Waals surface area contributed by atoms with E-state index in [1.54, 1.807) is 13.8 Å². The molecule has 1 saturated carbocycles. The van der Waals surface area contributed by atoms with Crippen molar-refractivity contribution in [2.75, 3.05) is 13.2 Å². The molecule has 0 aliphatic heterocycles. The summed E-state index contributed by atoms with van der Waals surface area (Å²) in [6, 6.07) is 0. The van der Waals surface area contributed by atoms with Gasteiger partial charge in [-0.05, 0) is 26.7 Å². The normalized spacial score (nSPS) is 15.9. The molecule has 0 saturated heterocycles. The second-order valence-electron chi connectivity index (χ2n) is 3.60. The van der Waals surface area contributed by atoms with Gasteiger partial charge in [0, 0.05) is 5.92 Å². The number of rotatable bonds is 6. The number of hydrogen-bond acceptors (Lipinski definition) is 5. The highest BCUT2D eigenvalue weighted by Gasteiger charge is 2.32. The maximum absolute atomic E-state index is 11.5. The van der Waals surface area contributed by atoms with E-state index in [2.05, 4.69) is 5.32 Å². The number of hydrogen-bond donors (Lipinski definition) is 2. The van der Waals surface area contributed by atoms with E-state index < -0.39 is 11.9 Å². The van der Waals surface area contributed by atoms with Crippen LogP contribution in [0.3, 0.4) is 0 Å². The van der Waals surface area contributed by atoms with E-state index in [9.17, 15) is 14.7 Å². The Morgan fingerprint density at radius 3 is 2.29 bits per heavy atom. The first-order valence-corrected chi connectivity index (χ1v) is 5.64. The summed E-state index contributed by atoms with van der Waals surface area (Å²) in [5.41, 5.74) is -0.328. The smallest absolute Gasteiger partial charge is 0.362 e.